The van der Waals surface area contributed by atoms with Crippen LogP contribution >= 0.6 is 0 Å². The molecule has 0 saturated carbocycles. The van der Waals surface area contributed by atoms with E-state index in [-0.39, 0.29) is 5.78 Å². The predicted octanol–water partition coefficient (Wildman–Crippen LogP) is 3.45. The number of rotatable bonds is 2. The highest BCUT2D eigenvalue weighted by Gasteiger charge is 2.24. The van der Waals surface area contributed by atoms with Gasteiger partial charge in [-0.25, -0.2) is 0 Å². The topological polar surface area (TPSA) is 35.5 Å². The third-order valence-electron chi connectivity index (χ3n) is 4.34. The van der Waals surface area contributed by atoms with Crippen LogP contribution in [0.4, 0.5) is 0 Å². The van der Waals surface area contributed by atoms with E-state index in [2.05, 4.69) is 18.2 Å². The van der Waals surface area contributed by atoms with E-state index in [4.69, 9.17) is 9.47 Å². The highest BCUT2D eigenvalue weighted by Crippen LogP contribution is 2.31. The molecule has 22 heavy (non-hydrogen) atoms. The van der Waals surface area contributed by atoms with Gasteiger partial charge >= 0.3 is 0 Å². The van der Waals surface area contributed by atoms with Crippen molar-refractivity contribution in [3.05, 3.63) is 64.2 Å². The Bertz CT molecular complexity index is 802. The van der Waals surface area contributed by atoms with E-state index in [9.17, 15) is 4.79 Å². The molecule has 0 aromatic heterocycles. The average molecular weight is 292 g/mol. The summed E-state index contributed by atoms with van der Waals surface area (Å²) in [5.74, 6) is 1.31. The normalized spacial score (nSPS) is 17.3. The molecule has 0 atom stereocenters. The van der Waals surface area contributed by atoms with E-state index < -0.39 is 0 Å². The lowest BCUT2D eigenvalue weighted by Crippen LogP contribution is -2.19. The quantitative estimate of drug-likeness (QED) is 0.795. The minimum absolute atomic E-state index is 0.0165. The molecule has 1 aliphatic heterocycles. The number of ketones is 1. The van der Waals surface area contributed by atoms with Gasteiger partial charge < -0.3 is 9.47 Å². The molecule has 1 aliphatic carbocycles. The molecule has 2 aliphatic rings. The minimum atomic E-state index is 0.0165. The fraction of sp³-hybridized carbons (Fsp3) is 0.211. The Kier molecular flexibility index (Phi) is 3.00. The van der Waals surface area contributed by atoms with Crippen molar-refractivity contribution in [1.29, 1.82) is 0 Å². The summed E-state index contributed by atoms with van der Waals surface area (Å²) in [5.41, 5.74) is 5.13. The second kappa shape index (κ2) is 5.02. The maximum absolute atomic E-state index is 12.7. The number of hydrogen-bond donors (Lipinski definition) is 0. The van der Waals surface area contributed by atoms with Crippen LogP contribution in [0.1, 0.15) is 27.0 Å². The van der Waals surface area contributed by atoms with Gasteiger partial charge in [0.25, 0.3) is 0 Å². The smallest absolute Gasteiger partial charge is 0.196 e. The maximum atomic E-state index is 12.7. The summed E-state index contributed by atoms with van der Waals surface area (Å²) in [5, 5.41) is 0. The number of ether oxygens (including phenoxy) is 2. The summed E-state index contributed by atoms with van der Waals surface area (Å²) >= 11 is 0. The molecule has 3 nitrogen and oxygen atoms in total. The second-order valence-corrected chi connectivity index (χ2v) is 5.68. The van der Waals surface area contributed by atoms with E-state index in [1.54, 1.807) is 25.3 Å². The van der Waals surface area contributed by atoms with Gasteiger partial charge in [-0.1, -0.05) is 18.2 Å². The Hall–Kier alpha value is -2.55. The van der Waals surface area contributed by atoms with Gasteiger partial charge in [-0.3, -0.25) is 4.79 Å². The highest BCUT2D eigenvalue weighted by atomic mass is 16.5. The van der Waals surface area contributed by atoms with Crippen molar-refractivity contribution in [2.24, 2.45) is 0 Å². The first kappa shape index (κ1) is 13.1. The van der Waals surface area contributed by atoms with E-state index in [1.165, 1.54) is 17.5 Å². The Morgan fingerprint density at radius 2 is 1.95 bits per heavy atom. The number of hydrogen-bond acceptors (Lipinski definition) is 3. The van der Waals surface area contributed by atoms with Gasteiger partial charge in [0.2, 0.25) is 0 Å². The van der Waals surface area contributed by atoms with Crippen LogP contribution in [-0.2, 0) is 12.8 Å². The van der Waals surface area contributed by atoms with E-state index in [0.717, 1.165) is 12.0 Å². The van der Waals surface area contributed by atoms with E-state index in [0.29, 0.717) is 29.2 Å². The Morgan fingerprint density at radius 1 is 1.09 bits per heavy atom. The standard InChI is InChI=1S/C19H16O3/c1-21-16-6-7-18-17(10-16)19(20)15(11-22-18)9-12-2-3-13-4-5-14(13)8-12/h2-3,6-10H,4-5,11H2,1H3/b15-9+. The third-order valence-corrected chi connectivity index (χ3v) is 4.34. The van der Waals surface area contributed by atoms with Crippen molar-refractivity contribution < 1.29 is 14.3 Å². The van der Waals surface area contributed by atoms with Crippen molar-refractivity contribution in [3.63, 3.8) is 0 Å². The largest absolute Gasteiger partial charge is 0.497 e. The van der Waals surface area contributed by atoms with Gasteiger partial charge in [0.15, 0.2) is 5.78 Å². The molecule has 0 fully saturated rings. The number of carbonyl (C=O) groups excluding carboxylic acids is 1. The van der Waals surface area contributed by atoms with Crippen molar-refractivity contribution in [3.8, 4) is 11.5 Å². The van der Waals surface area contributed by atoms with Crippen LogP contribution in [0.25, 0.3) is 6.08 Å². The molecule has 4 rings (SSSR count). The summed E-state index contributed by atoms with van der Waals surface area (Å²) in [6.07, 6.45) is 4.24. The van der Waals surface area contributed by atoms with E-state index >= 15 is 0 Å². The van der Waals surface area contributed by atoms with Crippen molar-refractivity contribution in [1.82, 2.24) is 0 Å². The molecular formula is C19H16O3. The Balaban J connectivity index is 1.69. The lowest BCUT2D eigenvalue weighted by atomic mass is 9.87. The zero-order chi connectivity index (χ0) is 15.1. The summed E-state index contributed by atoms with van der Waals surface area (Å²) in [7, 11) is 1.59. The Morgan fingerprint density at radius 3 is 2.68 bits per heavy atom. The number of fused-ring (bicyclic) bond motifs is 2. The van der Waals surface area contributed by atoms with Crippen LogP contribution in [0, 0.1) is 0 Å². The van der Waals surface area contributed by atoms with Crippen molar-refractivity contribution in [2.45, 2.75) is 12.8 Å². The van der Waals surface area contributed by atoms with Crippen LogP contribution in [0.3, 0.4) is 0 Å². The van der Waals surface area contributed by atoms with Gasteiger partial charge in [-0.05, 0) is 53.8 Å². The first-order valence-electron chi connectivity index (χ1n) is 7.42. The molecule has 3 heteroatoms. The van der Waals surface area contributed by atoms with Crippen LogP contribution in [0.15, 0.2) is 42.0 Å². The van der Waals surface area contributed by atoms with Crippen LogP contribution in [0.2, 0.25) is 0 Å². The molecule has 2 aromatic carbocycles. The number of benzene rings is 2. The molecule has 0 N–H and O–H groups in total. The molecule has 0 radical (unpaired) electrons. The average Bonchev–Trinajstić information content (AvgIpc) is 2.52. The van der Waals surface area contributed by atoms with Crippen LogP contribution in [0.5, 0.6) is 11.5 Å². The summed E-state index contributed by atoms with van der Waals surface area (Å²) in [4.78, 5) is 12.7. The molecule has 0 saturated heterocycles. The fourth-order valence-electron chi connectivity index (χ4n) is 2.95. The summed E-state index contributed by atoms with van der Waals surface area (Å²) in [6, 6.07) is 11.7. The first-order valence-corrected chi connectivity index (χ1v) is 7.42. The summed E-state index contributed by atoms with van der Waals surface area (Å²) in [6.45, 7) is 0.315. The maximum Gasteiger partial charge on any atom is 0.196 e. The lowest BCUT2D eigenvalue weighted by molar-refractivity contribution is 0.100. The highest BCUT2D eigenvalue weighted by molar-refractivity contribution is 6.14. The minimum Gasteiger partial charge on any atom is -0.497 e. The molecule has 110 valence electrons. The second-order valence-electron chi connectivity index (χ2n) is 5.68. The number of methoxy groups -OCH3 is 1. The number of aryl methyl sites for hydroxylation is 2. The van der Waals surface area contributed by atoms with Crippen LogP contribution in [-0.4, -0.2) is 19.5 Å². The van der Waals surface area contributed by atoms with Gasteiger partial charge in [0, 0.05) is 5.57 Å². The molecule has 0 spiro atoms. The third kappa shape index (κ3) is 2.10. The molecule has 0 unspecified atom stereocenters. The fourth-order valence-corrected chi connectivity index (χ4v) is 2.95. The van der Waals surface area contributed by atoms with Gasteiger partial charge in [-0.15, -0.1) is 0 Å². The number of Topliss-reactive ketones (excluding diaryl/α,β-unsaturated/α-hetero) is 1. The lowest BCUT2D eigenvalue weighted by Gasteiger charge is -2.21. The summed E-state index contributed by atoms with van der Waals surface area (Å²) < 4.78 is 10.9. The zero-order valence-electron chi connectivity index (χ0n) is 12.4. The SMILES string of the molecule is COc1ccc2c(c1)C(=O)/C(=C/c1ccc3c(c1)CC3)CO2. The molecule has 0 bridgehead atoms. The first-order chi connectivity index (χ1) is 10.7. The van der Waals surface area contributed by atoms with Crippen molar-refractivity contribution in [2.75, 3.05) is 13.7 Å². The monoisotopic (exact) mass is 292 g/mol. The number of carbonyl (C=O) groups is 1. The van der Waals surface area contributed by atoms with Crippen molar-refractivity contribution >= 4 is 11.9 Å². The molecular weight excluding hydrogens is 276 g/mol. The molecule has 1 heterocycles. The van der Waals surface area contributed by atoms with Gasteiger partial charge in [0.05, 0.1) is 12.7 Å². The molecule has 2 aromatic rings. The van der Waals surface area contributed by atoms with Gasteiger partial charge in [-0.2, -0.15) is 0 Å². The van der Waals surface area contributed by atoms with Crippen LogP contribution < -0.4 is 9.47 Å². The van der Waals surface area contributed by atoms with Gasteiger partial charge in [0.1, 0.15) is 18.1 Å². The molecule has 0 amide bonds. The Labute approximate surface area is 129 Å². The van der Waals surface area contributed by atoms with E-state index in [1.807, 2.05) is 6.08 Å². The zero-order valence-corrected chi connectivity index (χ0v) is 12.4. The predicted molar refractivity (Wildman–Crippen MR) is 84.6 cm³/mol.